The Bertz CT molecular complexity index is 57.9. The summed E-state index contributed by atoms with van der Waals surface area (Å²) in [4.78, 5) is 0. The van der Waals surface area contributed by atoms with Crippen molar-refractivity contribution in [2.45, 2.75) is 32.3 Å². The van der Waals surface area contributed by atoms with E-state index in [0.717, 1.165) is 0 Å². The fourth-order valence-corrected chi connectivity index (χ4v) is 0. The average Bonchev–Trinajstić information content (AvgIpc) is 1.31. The minimum atomic E-state index is -1.18. The van der Waals surface area contributed by atoms with Crippen molar-refractivity contribution in [1.29, 1.82) is 0 Å². The molecular weight excluding hydrogens is 127 g/mol. The van der Waals surface area contributed by atoms with Crippen LogP contribution < -0.4 is 0 Å². The summed E-state index contributed by atoms with van der Waals surface area (Å²) in [7, 11) is -1.18. The predicted molar refractivity (Wildman–Crippen MR) is 42.2 cm³/mol. The molecule has 1 nitrogen and oxygen atoms in total. The zero-order valence-corrected chi connectivity index (χ0v) is 6.52. The SMILES string of the molecule is CC(O)[Si](C)(C)C.[NaH]. The Morgan fingerprint density at radius 2 is 1.38 bits per heavy atom. The minimum absolute atomic E-state index is 0. The summed E-state index contributed by atoms with van der Waals surface area (Å²) in [5, 5.41) is 8.95. The standard InChI is InChI=1S/C5H14OSi.Na.H/c1-5(6)7(2,3)4;;/h5-6H,1-4H3;;. The van der Waals surface area contributed by atoms with Crippen molar-refractivity contribution in [3.05, 3.63) is 0 Å². The molecule has 0 bridgehead atoms. The first-order chi connectivity index (χ1) is 2.94. The summed E-state index contributed by atoms with van der Waals surface area (Å²) >= 11 is 0. The van der Waals surface area contributed by atoms with Gasteiger partial charge in [-0.25, -0.2) is 0 Å². The number of hydrogen-bond acceptors (Lipinski definition) is 1. The van der Waals surface area contributed by atoms with E-state index in [0.29, 0.717) is 0 Å². The fraction of sp³-hybridized carbons (Fsp3) is 1.00. The van der Waals surface area contributed by atoms with Gasteiger partial charge in [-0.2, -0.15) is 0 Å². The molecule has 0 aromatic heterocycles. The van der Waals surface area contributed by atoms with Gasteiger partial charge in [0.2, 0.25) is 0 Å². The van der Waals surface area contributed by atoms with Gasteiger partial charge in [0.05, 0.1) is 8.07 Å². The van der Waals surface area contributed by atoms with Crippen LogP contribution in [0.4, 0.5) is 0 Å². The molecule has 0 amide bonds. The predicted octanol–water partition coefficient (Wildman–Crippen LogP) is 0.596. The molecule has 0 radical (unpaired) electrons. The molecule has 0 aliphatic carbocycles. The van der Waals surface area contributed by atoms with E-state index in [4.69, 9.17) is 5.11 Å². The van der Waals surface area contributed by atoms with Crippen molar-refractivity contribution in [1.82, 2.24) is 0 Å². The van der Waals surface area contributed by atoms with Crippen molar-refractivity contribution in [2.24, 2.45) is 0 Å². The van der Waals surface area contributed by atoms with Gasteiger partial charge in [0.15, 0.2) is 0 Å². The van der Waals surface area contributed by atoms with Crippen LogP contribution in [0, 0.1) is 0 Å². The van der Waals surface area contributed by atoms with E-state index in [-0.39, 0.29) is 35.3 Å². The summed E-state index contributed by atoms with van der Waals surface area (Å²) in [5.41, 5.74) is -0.0625. The molecule has 1 unspecified atom stereocenters. The Morgan fingerprint density at radius 3 is 1.38 bits per heavy atom. The Morgan fingerprint density at radius 1 is 1.25 bits per heavy atom. The molecular formula is C5H15NaOSi. The molecule has 1 N–H and O–H groups in total. The third kappa shape index (κ3) is 5.32. The third-order valence-electron chi connectivity index (χ3n) is 1.25. The van der Waals surface area contributed by atoms with Crippen LogP contribution >= 0.6 is 0 Å². The first-order valence-corrected chi connectivity index (χ1v) is 6.20. The molecule has 0 spiro atoms. The molecule has 0 saturated heterocycles. The van der Waals surface area contributed by atoms with E-state index in [1.807, 2.05) is 6.92 Å². The summed E-state index contributed by atoms with van der Waals surface area (Å²) in [6, 6.07) is 0. The summed E-state index contributed by atoms with van der Waals surface area (Å²) in [5.74, 6) is 0. The van der Waals surface area contributed by atoms with Crippen LogP contribution in [0.5, 0.6) is 0 Å². The molecule has 8 heavy (non-hydrogen) atoms. The Kier molecular flexibility index (Phi) is 6.06. The van der Waals surface area contributed by atoms with Gasteiger partial charge in [-0.05, 0) is 6.92 Å². The molecule has 0 fully saturated rings. The number of aliphatic hydroxyl groups is 1. The fourth-order valence-electron chi connectivity index (χ4n) is 0. The van der Waals surface area contributed by atoms with Crippen LogP contribution in [0.2, 0.25) is 19.6 Å². The van der Waals surface area contributed by atoms with Crippen molar-refractivity contribution in [3.63, 3.8) is 0 Å². The van der Waals surface area contributed by atoms with E-state index in [1.165, 1.54) is 0 Å². The number of hydrogen-bond donors (Lipinski definition) is 1. The van der Waals surface area contributed by atoms with E-state index < -0.39 is 8.07 Å². The van der Waals surface area contributed by atoms with Crippen LogP contribution in [-0.2, 0) is 0 Å². The first-order valence-electron chi connectivity index (χ1n) is 2.62. The molecule has 0 aliphatic heterocycles. The van der Waals surface area contributed by atoms with E-state index >= 15 is 0 Å². The maximum absolute atomic E-state index is 8.95. The van der Waals surface area contributed by atoms with E-state index in [1.54, 1.807) is 0 Å². The molecule has 0 heterocycles. The van der Waals surface area contributed by atoms with Crippen molar-refractivity contribution in [2.75, 3.05) is 0 Å². The van der Waals surface area contributed by atoms with Crippen LogP contribution in [0.25, 0.3) is 0 Å². The monoisotopic (exact) mass is 142 g/mol. The molecule has 0 aromatic carbocycles. The van der Waals surface area contributed by atoms with E-state index in [2.05, 4.69) is 19.6 Å². The van der Waals surface area contributed by atoms with Gasteiger partial charge in [-0.15, -0.1) is 0 Å². The molecule has 1 atom stereocenters. The van der Waals surface area contributed by atoms with Gasteiger partial charge in [0.1, 0.15) is 0 Å². The van der Waals surface area contributed by atoms with Crippen molar-refractivity contribution < 1.29 is 5.11 Å². The molecule has 46 valence electrons. The number of aliphatic hydroxyl groups excluding tert-OH is 1. The van der Waals surface area contributed by atoms with E-state index in [9.17, 15) is 0 Å². The van der Waals surface area contributed by atoms with Crippen LogP contribution in [-0.4, -0.2) is 48.5 Å². The zero-order chi connectivity index (χ0) is 6.08. The first kappa shape index (κ1) is 11.9. The van der Waals surface area contributed by atoms with Gasteiger partial charge < -0.3 is 5.11 Å². The normalized spacial score (nSPS) is 14.6. The van der Waals surface area contributed by atoms with Crippen molar-refractivity contribution in [3.8, 4) is 0 Å². The second-order valence-electron chi connectivity index (χ2n) is 3.04. The molecule has 0 aromatic rings. The Labute approximate surface area is 74.8 Å². The van der Waals surface area contributed by atoms with Gasteiger partial charge >= 0.3 is 29.6 Å². The van der Waals surface area contributed by atoms with Crippen molar-refractivity contribution >= 4 is 37.6 Å². The average molecular weight is 142 g/mol. The number of rotatable bonds is 1. The maximum atomic E-state index is 8.95. The van der Waals surface area contributed by atoms with Crippen LogP contribution in [0.1, 0.15) is 6.92 Å². The van der Waals surface area contributed by atoms with Gasteiger partial charge in [0, 0.05) is 5.73 Å². The van der Waals surface area contributed by atoms with Crippen LogP contribution in [0.15, 0.2) is 0 Å². The zero-order valence-electron chi connectivity index (χ0n) is 5.52. The Hall–Kier alpha value is 1.18. The molecule has 0 aliphatic rings. The second-order valence-corrected chi connectivity index (χ2v) is 8.61. The quantitative estimate of drug-likeness (QED) is 0.531. The molecule has 0 rings (SSSR count). The van der Waals surface area contributed by atoms with Gasteiger partial charge in [-0.3, -0.25) is 0 Å². The Balaban J connectivity index is 0. The molecule has 0 saturated carbocycles. The molecule has 3 heteroatoms. The third-order valence-corrected chi connectivity index (χ3v) is 3.76. The topological polar surface area (TPSA) is 20.2 Å². The van der Waals surface area contributed by atoms with Crippen LogP contribution in [0.3, 0.4) is 0 Å². The summed E-state index contributed by atoms with van der Waals surface area (Å²) in [6.45, 7) is 8.32. The van der Waals surface area contributed by atoms with Gasteiger partial charge in [0.25, 0.3) is 0 Å². The summed E-state index contributed by atoms with van der Waals surface area (Å²) < 4.78 is 0. The van der Waals surface area contributed by atoms with Gasteiger partial charge in [-0.1, -0.05) is 19.6 Å². The summed E-state index contributed by atoms with van der Waals surface area (Å²) in [6.07, 6.45) is 0. The second kappa shape index (κ2) is 4.07.